The summed E-state index contributed by atoms with van der Waals surface area (Å²) < 4.78 is 15.7. The lowest BCUT2D eigenvalue weighted by Gasteiger charge is -2.40. The van der Waals surface area contributed by atoms with Crippen LogP contribution in [0.3, 0.4) is 0 Å². The quantitative estimate of drug-likeness (QED) is 0.353. The van der Waals surface area contributed by atoms with Crippen LogP contribution in [0.4, 0.5) is 10.1 Å². The van der Waals surface area contributed by atoms with E-state index in [1.54, 1.807) is 12.1 Å². The van der Waals surface area contributed by atoms with Crippen LogP contribution in [-0.2, 0) is 11.3 Å². The third kappa shape index (κ3) is 5.15. The summed E-state index contributed by atoms with van der Waals surface area (Å²) in [6, 6.07) is 21.1. The summed E-state index contributed by atoms with van der Waals surface area (Å²) in [5.41, 5.74) is 6.79. The van der Waals surface area contributed by atoms with Crippen molar-refractivity contribution in [3.05, 3.63) is 89.5 Å². The molecule has 1 aromatic heterocycles. The molecule has 0 radical (unpaired) electrons. The predicted octanol–water partition coefficient (Wildman–Crippen LogP) is 5.34. The van der Waals surface area contributed by atoms with Crippen molar-refractivity contribution in [3.8, 4) is 5.69 Å². The Labute approximate surface area is 229 Å². The number of carbonyl (C=O) groups is 1. The Hall–Kier alpha value is -3.71. The highest BCUT2D eigenvalue weighted by molar-refractivity contribution is 5.79. The standard InChI is InChI=1S/C32H36FN5O/c1-23-6-5-9-29(24(23)2)36-18-20-37(21-19-36)32(39)25-14-16-35(17-15-25)22-31-34-28-7-3-4-8-30(28)38(31)27-12-10-26(33)11-13-27/h3-13,25H,14-22H2,1-2H3. The van der Waals surface area contributed by atoms with E-state index < -0.39 is 0 Å². The number of halogens is 1. The molecule has 0 spiro atoms. The Morgan fingerprint density at radius 3 is 2.33 bits per heavy atom. The zero-order valence-corrected chi connectivity index (χ0v) is 22.8. The first-order valence-corrected chi connectivity index (χ1v) is 14.0. The van der Waals surface area contributed by atoms with Crippen LogP contribution in [-0.4, -0.2) is 64.5 Å². The Morgan fingerprint density at radius 2 is 1.59 bits per heavy atom. The maximum atomic E-state index is 13.6. The van der Waals surface area contributed by atoms with Crippen LogP contribution in [0.5, 0.6) is 0 Å². The summed E-state index contributed by atoms with van der Waals surface area (Å²) in [5.74, 6) is 1.09. The zero-order valence-electron chi connectivity index (χ0n) is 22.8. The van der Waals surface area contributed by atoms with E-state index in [0.29, 0.717) is 12.5 Å². The number of fused-ring (bicyclic) bond motifs is 1. The van der Waals surface area contributed by atoms with Gasteiger partial charge in [0.05, 0.1) is 17.6 Å². The molecule has 0 saturated carbocycles. The molecule has 202 valence electrons. The highest BCUT2D eigenvalue weighted by atomic mass is 19.1. The molecule has 6 nitrogen and oxygen atoms in total. The van der Waals surface area contributed by atoms with Crippen molar-refractivity contribution in [1.82, 2.24) is 19.4 Å². The number of nitrogens with zero attached hydrogens (tertiary/aromatic N) is 5. The zero-order chi connectivity index (χ0) is 26.9. The van der Waals surface area contributed by atoms with E-state index in [1.165, 1.54) is 28.9 Å². The lowest BCUT2D eigenvalue weighted by atomic mass is 9.95. The number of rotatable bonds is 5. The minimum atomic E-state index is -0.247. The van der Waals surface area contributed by atoms with Crippen LogP contribution < -0.4 is 4.90 Å². The number of hydrogen-bond acceptors (Lipinski definition) is 4. The van der Waals surface area contributed by atoms with Gasteiger partial charge in [0.2, 0.25) is 5.91 Å². The summed E-state index contributed by atoms with van der Waals surface area (Å²) in [5, 5.41) is 0. The molecule has 2 fully saturated rings. The van der Waals surface area contributed by atoms with Gasteiger partial charge in [0.1, 0.15) is 11.6 Å². The SMILES string of the molecule is Cc1cccc(N2CCN(C(=O)C3CCN(Cc4nc5ccccc5n4-c4ccc(F)cc4)CC3)CC2)c1C. The summed E-state index contributed by atoms with van der Waals surface area (Å²) in [7, 11) is 0. The fourth-order valence-electron chi connectivity index (χ4n) is 6.10. The van der Waals surface area contributed by atoms with E-state index in [2.05, 4.69) is 57.4 Å². The first-order chi connectivity index (χ1) is 19.0. The average Bonchev–Trinajstić information content (AvgIpc) is 3.33. The molecule has 3 aromatic carbocycles. The molecule has 0 aliphatic carbocycles. The number of benzene rings is 3. The molecule has 6 rings (SSSR count). The van der Waals surface area contributed by atoms with Crippen molar-refractivity contribution in [3.63, 3.8) is 0 Å². The number of para-hydroxylation sites is 2. The Kier molecular flexibility index (Phi) is 7.09. The minimum Gasteiger partial charge on any atom is -0.368 e. The molecule has 2 saturated heterocycles. The number of imidazole rings is 1. The monoisotopic (exact) mass is 525 g/mol. The summed E-state index contributed by atoms with van der Waals surface area (Å²) in [4.78, 5) is 25.2. The normalized spacial score (nSPS) is 17.2. The maximum Gasteiger partial charge on any atom is 0.225 e. The van der Waals surface area contributed by atoms with Gasteiger partial charge in [0, 0.05) is 43.5 Å². The number of aryl methyl sites for hydroxylation is 1. The van der Waals surface area contributed by atoms with Gasteiger partial charge in [0.25, 0.3) is 0 Å². The van der Waals surface area contributed by atoms with Crippen LogP contribution in [0, 0.1) is 25.6 Å². The fraction of sp³-hybridized carbons (Fsp3) is 0.375. The van der Waals surface area contributed by atoms with Gasteiger partial charge in [-0.05, 0) is 93.4 Å². The predicted molar refractivity (Wildman–Crippen MR) is 154 cm³/mol. The van der Waals surface area contributed by atoms with Gasteiger partial charge in [-0.1, -0.05) is 24.3 Å². The van der Waals surface area contributed by atoms with E-state index >= 15 is 0 Å². The van der Waals surface area contributed by atoms with Crippen molar-refractivity contribution in [1.29, 1.82) is 0 Å². The van der Waals surface area contributed by atoms with Crippen molar-refractivity contribution in [2.24, 2.45) is 5.92 Å². The van der Waals surface area contributed by atoms with E-state index in [1.807, 2.05) is 18.2 Å². The molecule has 0 atom stereocenters. The minimum absolute atomic E-state index is 0.0874. The van der Waals surface area contributed by atoms with Gasteiger partial charge in [-0.25, -0.2) is 9.37 Å². The molecule has 4 aromatic rings. The smallest absolute Gasteiger partial charge is 0.225 e. The van der Waals surface area contributed by atoms with Gasteiger partial charge in [-0.15, -0.1) is 0 Å². The highest BCUT2D eigenvalue weighted by Gasteiger charge is 2.31. The Bertz CT molecular complexity index is 1460. The number of likely N-dealkylation sites (tertiary alicyclic amines) is 1. The number of anilines is 1. The van der Waals surface area contributed by atoms with Crippen molar-refractivity contribution in [2.75, 3.05) is 44.2 Å². The van der Waals surface area contributed by atoms with Gasteiger partial charge in [0.15, 0.2) is 0 Å². The molecule has 39 heavy (non-hydrogen) atoms. The molecule has 0 N–H and O–H groups in total. The first-order valence-electron chi connectivity index (χ1n) is 14.0. The van der Waals surface area contributed by atoms with E-state index in [9.17, 15) is 9.18 Å². The summed E-state index contributed by atoms with van der Waals surface area (Å²) in [6.45, 7) is 10.1. The Morgan fingerprint density at radius 1 is 0.872 bits per heavy atom. The molecular formula is C32H36FN5O. The lowest BCUT2D eigenvalue weighted by molar-refractivity contribution is -0.137. The second kappa shape index (κ2) is 10.8. The topological polar surface area (TPSA) is 44.6 Å². The van der Waals surface area contributed by atoms with Crippen LogP contribution >= 0.6 is 0 Å². The van der Waals surface area contributed by atoms with Gasteiger partial charge in [-0.2, -0.15) is 0 Å². The first kappa shape index (κ1) is 25.6. The second-order valence-electron chi connectivity index (χ2n) is 10.9. The Balaban J connectivity index is 1.08. The highest BCUT2D eigenvalue weighted by Crippen LogP contribution is 2.27. The molecule has 0 unspecified atom stereocenters. The van der Waals surface area contributed by atoms with E-state index in [0.717, 1.165) is 74.7 Å². The largest absolute Gasteiger partial charge is 0.368 e. The van der Waals surface area contributed by atoms with Crippen molar-refractivity contribution < 1.29 is 9.18 Å². The van der Waals surface area contributed by atoms with E-state index in [4.69, 9.17) is 4.98 Å². The second-order valence-corrected chi connectivity index (χ2v) is 10.9. The number of aromatic nitrogens is 2. The molecule has 0 bridgehead atoms. The van der Waals surface area contributed by atoms with Gasteiger partial charge >= 0.3 is 0 Å². The number of carbonyl (C=O) groups excluding carboxylic acids is 1. The molecular weight excluding hydrogens is 489 g/mol. The number of amides is 1. The fourth-order valence-corrected chi connectivity index (χ4v) is 6.10. The maximum absolute atomic E-state index is 13.6. The van der Waals surface area contributed by atoms with Gasteiger partial charge < -0.3 is 9.80 Å². The number of piperidine rings is 1. The molecule has 3 heterocycles. The van der Waals surface area contributed by atoms with Crippen LogP contribution in [0.25, 0.3) is 16.7 Å². The molecule has 2 aliphatic heterocycles. The van der Waals surface area contributed by atoms with Crippen LogP contribution in [0.2, 0.25) is 0 Å². The molecule has 2 aliphatic rings. The summed E-state index contributed by atoms with van der Waals surface area (Å²) >= 11 is 0. The van der Waals surface area contributed by atoms with Gasteiger partial charge in [-0.3, -0.25) is 14.3 Å². The van der Waals surface area contributed by atoms with Crippen molar-refractivity contribution in [2.45, 2.75) is 33.2 Å². The van der Waals surface area contributed by atoms with E-state index in [-0.39, 0.29) is 11.7 Å². The van der Waals surface area contributed by atoms with Crippen LogP contribution in [0.15, 0.2) is 66.7 Å². The third-order valence-corrected chi connectivity index (χ3v) is 8.52. The summed E-state index contributed by atoms with van der Waals surface area (Å²) in [6.07, 6.45) is 1.74. The van der Waals surface area contributed by atoms with Crippen molar-refractivity contribution >= 4 is 22.6 Å². The molecule has 1 amide bonds. The number of piperazine rings is 1. The lowest BCUT2D eigenvalue weighted by Crippen LogP contribution is -2.51. The average molecular weight is 526 g/mol. The molecule has 7 heteroatoms. The third-order valence-electron chi connectivity index (χ3n) is 8.52. The van der Waals surface area contributed by atoms with Crippen LogP contribution in [0.1, 0.15) is 29.8 Å². The number of hydrogen-bond donors (Lipinski definition) is 0.